The molecule has 1 saturated carbocycles. The van der Waals surface area contributed by atoms with Crippen LogP contribution < -0.4 is 0 Å². The fourth-order valence-electron chi connectivity index (χ4n) is 4.82. The van der Waals surface area contributed by atoms with E-state index < -0.39 is 5.97 Å². The lowest BCUT2D eigenvalue weighted by Crippen LogP contribution is -2.14. The van der Waals surface area contributed by atoms with Gasteiger partial charge < -0.3 is 10.2 Å². The summed E-state index contributed by atoms with van der Waals surface area (Å²) in [6.45, 7) is 6.65. The molecule has 1 unspecified atom stereocenters. The normalized spacial score (nSPS) is 16.1. The van der Waals surface area contributed by atoms with Crippen LogP contribution in [0.2, 0.25) is 0 Å². The van der Waals surface area contributed by atoms with Crippen LogP contribution in [0.25, 0.3) is 10.8 Å². The summed E-state index contributed by atoms with van der Waals surface area (Å²) in [7, 11) is 0. The zero-order valence-corrected chi connectivity index (χ0v) is 17.9. The van der Waals surface area contributed by atoms with Gasteiger partial charge in [-0.3, -0.25) is 0 Å². The van der Waals surface area contributed by atoms with Gasteiger partial charge in [0.05, 0.1) is 0 Å². The van der Waals surface area contributed by atoms with Crippen molar-refractivity contribution in [3.63, 3.8) is 0 Å². The summed E-state index contributed by atoms with van der Waals surface area (Å²) in [4.78, 5) is 15.5. The van der Waals surface area contributed by atoms with Crippen LogP contribution in [0.5, 0.6) is 5.75 Å². The van der Waals surface area contributed by atoms with Crippen molar-refractivity contribution in [2.45, 2.75) is 57.8 Å². The minimum absolute atomic E-state index is 0.0538. The Hall–Kier alpha value is -2.88. The number of carboxylic acid groups (broad SMARTS) is 1. The highest BCUT2D eigenvalue weighted by Crippen LogP contribution is 2.45. The molecule has 30 heavy (non-hydrogen) atoms. The Morgan fingerprint density at radius 1 is 1.03 bits per heavy atom. The molecule has 0 aliphatic heterocycles. The van der Waals surface area contributed by atoms with Crippen molar-refractivity contribution < 1.29 is 15.0 Å². The van der Waals surface area contributed by atoms with Crippen LogP contribution >= 0.6 is 0 Å². The third-order valence-corrected chi connectivity index (χ3v) is 6.47. The van der Waals surface area contributed by atoms with Crippen LogP contribution in [0.1, 0.15) is 79.6 Å². The Morgan fingerprint density at radius 2 is 1.70 bits per heavy atom. The van der Waals surface area contributed by atoms with Crippen molar-refractivity contribution >= 4 is 16.7 Å². The van der Waals surface area contributed by atoms with E-state index in [1.165, 1.54) is 42.9 Å². The van der Waals surface area contributed by atoms with Crippen LogP contribution in [0.4, 0.5) is 0 Å². The summed E-state index contributed by atoms with van der Waals surface area (Å²) in [6, 6.07) is 14.1. The van der Waals surface area contributed by atoms with Crippen LogP contribution in [0.3, 0.4) is 0 Å². The topological polar surface area (TPSA) is 70.4 Å². The first kappa shape index (κ1) is 20.4. The van der Waals surface area contributed by atoms with E-state index in [4.69, 9.17) is 0 Å². The molecular formula is C26H29NO3. The average molecular weight is 404 g/mol. The molecule has 1 aliphatic rings. The first-order valence-electron chi connectivity index (χ1n) is 10.7. The number of hydrogen-bond acceptors (Lipinski definition) is 3. The molecule has 2 aromatic carbocycles. The van der Waals surface area contributed by atoms with Crippen molar-refractivity contribution in [3.8, 4) is 5.75 Å². The number of hydrogen-bond donors (Lipinski definition) is 2. The molecule has 1 aliphatic carbocycles. The van der Waals surface area contributed by atoms with Crippen LogP contribution in [-0.2, 0) is 5.41 Å². The van der Waals surface area contributed by atoms with E-state index >= 15 is 0 Å². The van der Waals surface area contributed by atoms with Gasteiger partial charge in [0.25, 0.3) is 0 Å². The van der Waals surface area contributed by atoms with E-state index in [9.17, 15) is 15.0 Å². The van der Waals surface area contributed by atoms with Gasteiger partial charge in [-0.1, -0.05) is 63.9 Å². The predicted octanol–water partition coefficient (Wildman–Crippen LogP) is 6.26. The van der Waals surface area contributed by atoms with E-state index in [-0.39, 0.29) is 22.8 Å². The smallest absolute Gasteiger partial charge is 0.354 e. The van der Waals surface area contributed by atoms with Gasteiger partial charge in [0.1, 0.15) is 11.4 Å². The van der Waals surface area contributed by atoms with E-state index in [1.807, 2.05) is 6.07 Å². The number of benzene rings is 2. The van der Waals surface area contributed by atoms with E-state index in [1.54, 1.807) is 12.3 Å². The maximum Gasteiger partial charge on any atom is 0.354 e. The largest absolute Gasteiger partial charge is 0.507 e. The number of rotatable bonds is 4. The highest BCUT2D eigenvalue weighted by molar-refractivity contribution is 5.96. The Labute approximate surface area is 177 Å². The standard InChI is InChI=1S/C26H29NO3/c1-26(2,3)18-10-8-17(9-11-18)24(16-6-4-5-7-16)19-12-13-23(28)20-14-22(25(29)30)27-15-21(19)20/h8-16,24,28H,4-7H2,1-3H3,(H,29,30). The molecule has 0 saturated heterocycles. The second kappa shape index (κ2) is 7.75. The second-order valence-corrected chi connectivity index (χ2v) is 9.49. The summed E-state index contributed by atoms with van der Waals surface area (Å²) in [5.41, 5.74) is 3.73. The number of carbonyl (C=O) groups is 1. The summed E-state index contributed by atoms with van der Waals surface area (Å²) in [5.74, 6) is -0.279. The highest BCUT2D eigenvalue weighted by atomic mass is 16.4. The second-order valence-electron chi connectivity index (χ2n) is 9.49. The lowest BCUT2D eigenvalue weighted by atomic mass is 9.77. The van der Waals surface area contributed by atoms with Gasteiger partial charge >= 0.3 is 5.97 Å². The molecule has 4 nitrogen and oxygen atoms in total. The minimum atomic E-state index is -1.09. The third-order valence-electron chi connectivity index (χ3n) is 6.47. The Balaban J connectivity index is 1.87. The third kappa shape index (κ3) is 3.79. The molecule has 4 heteroatoms. The first-order chi connectivity index (χ1) is 14.3. The van der Waals surface area contributed by atoms with Gasteiger partial charge in [-0.15, -0.1) is 0 Å². The maximum atomic E-state index is 11.4. The Morgan fingerprint density at radius 3 is 2.30 bits per heavy atom. The summed E-state index contributed by atoms with van der Waals surface area (Å²) in [5, 5.41) is 21.1. The number of nitrogens with zero attached hydrogens (tertiary/aromatic N) is 1. The quantitative estimate of drug-likeness (QED) is 0.539. The molecule has 1 atom stereocenters. The number of aromatic hydroxyl groups is 1. The molecular weight excluding hydrogens is 374 g/mol. The average Bonchev–Trinajstić information content (AvgIpc) is 3.24. The van der Waals surface area contributed by atoms with Gasteiger partial charge in [0.15, 0.2) is 0 Å². The van der Waals surface area contributed by atoms with E-state index in [2.05, 4.69) is 50.0 Å². The number of pyridine rings is 1. The molecule has 0 bridgehead atoms. The monoisotopic (exact) mass is 403 g/mol. The lowest BCUT2D eigenvalue weighted by molar-refractivity contribution is 0.0690. The lowest BCUT2D eigenvalue weighted by Gasteiger charge is -2.27. The molecule has 1 aromatic heterocycles. The van der Waals surface area contributed by atoms with Gasteiger partial charge in [-0.2, -0.15) is 0 Å². The van der Waals surface area contributed by atoms with Crippen molar-refractivity contribution in [1.29, 1.82) is 0 Å². The molecule has 1 fully saturated rings. The molecule has 156 valence electrons. The number of carboxylic acids is 1. The van der Waals surface area contributed by atoms with Crippen molar-refractivity contribution in [3.05, 3.63) is 71.0 Å². The number of aromatic nitrogens is 1. The summed E-state index contributed by atoms with van der Waals surface area (Å²) in [6.07, 6.45) is 6.43. The first-order valence-corrected chi connectivity index (χ1v) is 10.7. The molecule has 0 spiro atoms. The Bertz CT molecular complexity index is 1070. The maximum absolute atomic E-state index is 11.4. The highest BCUT2D eigenvalue weighted by Gasteiger charge is 2.30. The fraction of sp³-hybridized carbons (Fsp3) is 0.385. The Kier molecular flexibility index (Phi) is 5.27. The predicted molar refractivity (Wildman–Crippen MR) is 119 cm³/mol. The molecule has 1 heterocycles. The summed E-state index contributed by atoms with van der Waals surface area (Å²) >= 11 is 0. The number of aromatic carboxylic acids is 1. The zero-order valence-electron chi connectivity index (χ0n) is 17.9. The molecule has 4 rings (SSSR count). The molecule has 0 amide bonds. The van der Waals surface area contributed by atoms with E-state index in [0.29, 0.717) is 11.3 Å². The SMILES string of the molecule is CC(C)(C)c1ccc(C(c2ccc(O)c3cc(C(=O)O)ncc23)C2CCCC2)cc1. The van der Waals surface area contributed by atoms with Gasteiger partial charge in [-0.05, 0) is 53.0 Å². The van der Waals surface area contributed by atoms with Gasteiger partial charge in [0.2, 0.25) is 0 Å². The molecule has 2 N–H and O–H groups in total. The fourth-order valence-corrected chi connectivity index (χ4v) is 4.82. The number of fused-ring (bicyclic) bond motifs is 1. The van der Waals surface area contributed by atoms with Crippen molar-refractivity contribution in [2.24, 2.45) is 5.92 Å². The van der Waals surface area contributed by atoms with Crippen LogP contribution in [0, 0.1) is 5.92 Å². The molecule has 3 aromatic rings. The van der Waals surface area contributed by atoms with Crippen molar-refractivity contribution in [1.82, 2.24) is 4.98 Å². The van der Waals surface area contributed by atoms with E-state index in [0.717, 1.165) is 10.9 Å². The molecule has 0 radical (unpaired) electrons. The van der Waals surface area contributed by atoms with Crippen LogP contribution in [-0.4, -0.2) is 21.2 Å². The van der Waals surface area contributed by atoms with Gasteiger partial charge in [0, 0.05) is 22.9 Å². The van der Waals surface area contributed by atoms with Crippen LogP contribution in [0.15, 0.2) is 48.7 Å². The number of phenols is 1. The zero-order chi connectivity index (χ0) is 21.5. The summed E-state index contributed by atoms with van der Waals surface area (Å²) < 4.78 is 0. The van der Waals surface area contributed by atoms with Gasteiger partial charge in [-0.25, -0.2) is 9.78 Å². The minimum Gasteiger partial charge on any atom is -0.507 e. The van der Waals surface area contributed by atoms with Crippen molar-refractivity contribution in [2.75, 3.05) is 0 Å². The number of phenolic OH excluding ortho intramolecular Hbond substituents is 1.